The summed E-state index contributed by atoms with van der Waals surface area (Å²) < 4.78 is 27.6. The summed E-state index contributed by atoms with van der Waals surface area (Å²) in [5.41, 5.74) is 3.56. The van der Waals surface area contributed by atoms with E-state index in [2.05, 4.69) is 30.6 Å². The molecule has 0 aliphatic carbocycles. The van der Waals surface area contributed by atoms with Gasteiger partial charge in [-0.1, -0.05) is 18.2 Å². The van der Waals surface area contributed by atoms with Crippen molar-refractivity contribution in [3.8, 4) is 11.1 Å². The largest absolute Gasteiger partial charge is 0.388 e. The van der Waals surface area contributed by atoms with Crippen molar-refractivity contribution < 1.29 is 8.42 Å². The Morgan fingerprint density at radius 3 is 2.63 bits per heavy atom. The molecule has 3 aromatic rings. The van der Waals surface area contributed by atoms with Crippen LogP contribution < -0.4 is 20.7 Å². The topological polar surface area (TPSA) is 108 Å². The third-order valence-electron chi connectivity index (χ3n) is 4.86. The number of benzene rings is 2. The molecule has 4 N–H and O–H groups in total. The van der Waals surface area contributed by atoms with Crippen molar-refractivity contribution in [2.45, 2.75) is 17.7 Å². The number of hydrogen-bond donors (Lipinski definition) is 4. The lowest BCUT2D eigenvalue weighted by molar-refractivity contribution is 0.577. The molecular weight excluding hydrogens is 400 g/mol. The number of rotatable bonds is 2. The highest BCUT2D eigenvalue weighted by Crippen LogP contribution is 2.29. The van der Waals surface area contributed by atoms with Crippen LogP contribution in [-0.4, -0.2) is 38.5 Å². The Labute approximate surface area is 176 Å². The Bertz CT molecular complexity index is 1130. The lowest BCUT2D eigenvalue weighted by Gasteiger charge is -2.15. The van der Waals surface area contributed by atoms with Gasteiger partial charge in [0, 0.05) is 43.3 Å². The summed E-state index contributed by atoms with van der Waals surface area (Å²) in [4.78, 5) is 9.31. The highest BCUT2D eigenvalue weighted by atomic mass is 32.2. The molecular formula is C21H24N6O2S. The van der Waals surface area contributed by atoms with Gasteiger partial charge in [0.1, 0.15) is 5.82 Å². The third-order valence-corrected chi connectivity index (χ3v) is 6.32. The zero-order chi connectivity index (χ0) is 21.0. The number of nitrogens with zero attached hydrogens (tertiary/aromatic N) is 2. The molecule has 30 heavy (non-hydrogen) atoms. The maximum atomic E-state index is 12.5. The van der Waals surface area contributed by atoms with E-state index in [0.29, 0.717) is 31.1 Å². The van der Waals surface area contributed by atoms with Crippen molar-refractivity contribution in [3.05, 3.63) is 54.7 Å². The van der Waals surface area contributed by atoms with Gasteiger partial charge >= 0.3 is 0 Å². The Morgan fingerprint density at radius 2 is 1.83 bits per heavy atom. The summed E-state index contributed by atoms with van der Waals surface area (Å²) in [7, 11) is -1.66. The number of nitrogens with one attached hydrogen (secondary N) is 4. The van der Waals surface area contributed by atoms with Gasteiger partial charge < -0.3 is 16.0 Å². The standard InChI is InChI=1S/C21H24N6O2S/c1-22-16-9-7-15(8-10-16)19-14-24-21-26-17-5-4-6-18(13-17)30(28,29)25-12-3-2-11-23-20(19)27-21/h4-10,13-14,22,25H,2-3,11-12H2,1H3,(H2,23,24,26,27). The smallest absolute Gasteiger partial charge is 0.240 e. The lowest BCUT2D eigenvalue weighted by atomic mass is 10.1. The van der Waals surface area contributed by atoms with Crippen molar-refractivity contribution in [2.24, 2.45) is 0 Å². The van der Waals surface area contributed by atoms with Crippen LogP contribution in [0.2, 0.25) is 0 Å². The maximum Gasteiger partial charge on any atom is 0.240 e. The molecule has 0 unspecified atom stereocenters. The molecule has 4 rings (SSSR count). The predicted molar refractivity (Wildman–Crippen MR) is 120 cm³/mol. The second-order valence-corrected chi connectivity index (χ2v) is 8.73. The van der Waals surface area contributed by atoms with Gasteiger partial charge in [0.25, 0.3) is 0 Å². The van der Waals surface area contributed by atoms with Crippen LogP contribution in [-0.2, 0) is 10.0 Å². The second-order valence-electron chi connectivity index (χ2n) is 6.97. The fourth-order valence-electron chi connectivity index (χ4n) is 3.22. The van der Waals surface area contributed by atoms with E-state index >= 15 is 0 Å². The van der Waals surface area contributed by atoms with Gasteiger partial charge in [-0.2, -0.15) is 4.98 Å². The van der Waals surface area contributed by atoms with Crippen molar-refractivity contribution in [2.75, 3.05) is 36.1 Å². The van der Waals surface area contributed by atoms with E-state index in [1.165, 1.54) is 0 Å². The number of sulfonamides is 1. The highest BCUT2D eigenvalue weighted by Gasteiger charge is 2.15. The fourth-order valence-corrected chi connectivity index (χ4v) is 4.34. The molecule has 0 saturated heterocycles. The fraction of sp³-hybridized carbons (Fsp3) is 0.238. The van der Waals surface area contributed by atoms with Gasteiger partial charge in [0.2, 0.25) is 16.0 Å². The molecule has 156 valence electrons. The molecule has 1 aliphatic rings. The minimum atomic E-state index is -3.55. The summed E-state index contributed by atoms with van der Waals surface area (Å²) in [6, 6.07) is 14.7. The van der Waals surface area contributed by atoms with Gasteiger partial charge in [-0.25, -0.2) is 18.1 Å². The second kappa shape index (κ2) is 8.68. The molecule has 0 atom stereocenters. The van der Waals surface area contributed by atoms with Crippen LogP contribution in [0.1, 0.15) is 12.8 Å². The Morgan fingerprint density at radius 1 is 1.03 bits per heavy atom. The Kier molecular flexibility index (Phi) is 5.82. The summed E-state index contributed by atoms with van der Waals surface area (Å²) in [5.74, 6) is 1.13. The third kappa shape index (κ3) is 4.52. The molecule has 0 fully saturated rings. The predicted octanol–water partition coefficient (Wildman–Crippen LogP) is 3.41. The number of hydrogen-bond acceptors (Lipinski definition) is 7. The first-order valence-corrected chi connectivity index (χ1v) is 11.3. The lowest BCUT2D eigenvalue weighted by Crippen LogP contribution is -2.25. The molecule has 1 aliphatic heterocycles. The van der Waals surface area contributed by atoms with E-state index in [1.807, 2.05) is 31.3 Å². The summed E-state index contributed by atoms with van der Waals surface area (Å²) >= 11 is 0. The molecule has 8 nitrogen and oxygen atoms in total. The Balaban J connectivity index is 1.71. The number of aromatic nitrogens is 2. The van der Waals surface area contributed by atoms with Crippen molar-refractivity contribution in [3.63, 3.8) is 0 Å². The first-order valence-electron chi connectivity index (χ1n) is 9.81. The average molecular weight is 425 g/mol. The van der Waals surface area contributed by atoms with Crippen LogP contribution in [0.15, 0.2) is 59.6 Å². The molecule has 0 radical (unpaired) electrons. The molecule has 9 heteroatoms. The molecule has 0 saturated carbocycles. The van der Waals surface area contributed by atoms with Crippen LogP contribution in [0.3, 0.4) is 0 Å². The van der Waals surface area contributed by atoms with Gasteiger partial charge in [-0.3, -0.25) is 0 Å². The van der Waals surface area contributed by atoms with E-state index in [4.69, 9.17) is 0 Å². The van der Waals surface area contributed by atoms with Gasteiger partial charge in [0.15, 0.2) is 0 Å². The summed E-state index contributed by atoms with van der Waals surface area (Å²) in [6.45, 7) is 1.06. The SMILES string of the molecule is CNc1ccc(-c2cnc3nc2NCCCCNS(=O)(=O)c2cccc(c2)N3)cc1. The van der Waals surface area contributed by atoms with Crippen molar-refractivity contribution in [1.82, 2.24) is 14.7 Å². The van der Waals surface area contributed by atoms with Gasteiger partial charge in [0.05, 0.1) is 4.90 Å². The van der Waals surface area contributed by atoms with Crippen LogP contribution in [0.5, 0.6) is 0 Å². The van der Waals surface area contributed by atoms with E-state index in [9.17, 15) is 8.42 Å². The molecule has 2 aromatic carbocycles. The zero-order valence-electron chi connectivity index (χ0n) is 16.6. The van der Waals surface area contributed by atoms with Crippen molar-refractivity contribution >= 4 is 33.2 Å². The molecule has 0 amide bonds. The molecule has 1 aromatic heterocycles. The normalized spacial score (nSPS) is 15.9. The van der Waals surface area contributed by atoms with Crippen LogP contribution in [0, 0.1) is 0 Å². The molecule has 2 heterocycles. The highest BCUT2D eigenvalue weighted by molar-refractivity contribution is 7.89. The number of anilines is 4. The maximum absolute atomic E-state index is 12.5. The number of fused-ring (bicyclic) bond motifs is 4. The first-order chi connectivity index (χ1) is 14.5. The Hall–Kier alpha value is -3.17. The van der Waals surface area contributed by atoms with Crippen molar-refractivity contribution in [1.29, 1.82) is 0 Å². The summed E-state index contributed by atoms with van der Waals surface area (Å²) in [5, 5.41) is 9.60. The van der Waals surface area contributed by atoms with E-state index in [0.717, 1.165) is 29.1 Å². The monoisotopic (exact) mass is 424 g/mol. The quantitative estimate of drug-likeness (QED) is 0.499. The summed E-state index contributed by atoms with van der Waals surface area (Å²) in [6.07, 6.45) is 3.29. The van der Waals surface area contributed by atoms with Crippen LogP contribution >= 0.6 is 0 Å². The van der Waals surface area contributed by atoms with E-state index < -0.39 is 10.0 Å². The van der Waals surface area contributed by atoms with E-state index in [-0.39, 0.29) is 4.90 Å². The van der Waals surface area contributed by atoms with Crippen LogP contribution in [0.4, 0.5) is 23.1 Å². The van der Waals surface area contributed by atoms with Gasteiger partial charge in [-0.15, -0.1) is 0 Å². The molecule has 4 bridgehead atoms. The van der Waals surface area contributed by atoms with E-state index in [1.54, 1.807) is 30.5 Å². The van der Waals surface area contributed by atoms with Crippen LogP contribution in [0.25, 0.3) is 11.1 Å². The zero-order valence-corrected chi connectivity index (χ0v) is 17.5. The molecule has 0 spiro atoms. The first kappa shape index (κ1) is 20.1. The average Bonchev–Trinajstić information content (AvgIpc) is 2.76. The minimum Gasteiger partial charge on any atom is -0.388 e. The van der Waals surface area contributed by atoms with Gasteiger partial charge in [-0.05, 0) is 48.7 Å². The minimum absolute atomic E-state index is 0.212.